The lowest BCUT2D eigenvalue weighted by atomic mass is 10.1. The monoisotopic (exact) mass is 399 g/mol. The molecule has 5 rings (SSSR count). The number of benzene rings is 2. The highest BCUT2D eigenvalue weighted by molar-refractivity contribution is 5.94. The van der Waals surface area contributed by atoms with Crippen LogP contribution in [0.4, 0.5) is 0 Å². The number of hydrogen-bond acceptors (Lipinski definition) is 2. The molecule has 0 radical (unpaired) electrons. The van der Waals surface area contributed by atoms with Crippen molar-refractivity contribution in [1.82, 2.24) is 14.4 Å². The first-order valence-electron chi connectivity index (χ1n) is 10.6. The Balaban J connectivity index is 1.16. The quantitative estimate of drug-likeness (QED) is 0.673. The fraction of sp³-hybridized carbons (Fsp3) is 0.280. The van der Waals surface area contributed by atoms with Gasteiger partial charge < -0.3 is 14.4 Å². The fourth-order valence-electron chi connectivity index (χ4n) is 4.37. The van der Waals surface area contributed by atoms with E-state index in [-0.39, 0.29) is 17.7 Å². The van der Waals surface area contributed by atoms with Crippen LogP contribution in [-0.4, -0.2) is 52.4 Å². The predicted octanol–water partition coefficient (Wildman–Crippen LogP) is 3.57. The third-order valence-electron chi connectivity index (χ3n) is 6.23. The lowest BCUT2D eigenvalue weighted by Crippen LogP contribution is -2.51. The first kappa shape index (κ1) is 18.7. The summed E-state index contributed by atoms with van der Waals surface area (Å²) in [6.45, 7) is 2.41. The summed E-state index contributed by atoms with van der Waals surface area (Å²) in [5.41, 5.74) is 2.98. The summed E-state index contributed by atoms with van der Waals surface area (Å²) in [6.07, 6.45) is 4.90. The normalized spacial score (nSPS) is 20.8. The van der Waals surface area contributed by atoms with Gasteiger partial charge >= 0.3 is 0 Å². The average molecular weight is 399 g/mol. The topological polar surface area (TPSA) is 45.6 Å². The molecular formula is C25H25N3O2. The molecule has 0 unspecified atom stereocenters. The van der Waals surface area contributed by atoms with E-state index in [1.54, 1.807) is 0 Å². The van der Waals surface area contributed by atoms with Crippen molar-refractivity contribution in [3.63, 3.8) is 0 Å². The van der Waals surface area contributed by atoms with Crippen LogP contribution in [0.2, 0.25) is 0 Å². The molecule has 2 heterocycles. The second-order valence-corrected chi connectivity index (χ2v) is 8.11. The van der Waals surface area contributed by atoms with E-state index in [0.717, 1.165) is 12.1 Å². The van der Waals surface area contributed by atoms with Crippen molar-refractivity contribution >= 4 is 11.8 Å². The van der Waals surface area contributed by atoms with E-state index in [2.05, 4.69) is 12.1 Å². The van der Waals surface area contributed by atoms with E-state index in [4.69, 9.17) is 0 Å². The summed E-state index contributed by atoms with van der Waals surface area (Å²) >= 11 is 0. The van der Waals surface area contributed by atoms with Crippen LogP contribution < -0.4 is 0 Å². The minimum Gasteiger partial charge on any atom is -0.339 e. The van der Waals surface area contributed by atoms with Crippen molar-refractivity contribution in [2.45, 2.75) is 12.3 Å². The minimum atomic E-state index is 0.0368. The van der Waals surface area contributed by atoms with Crippen molar-refractivity contribution in [3.8, 4) is 5.69 Å². The maximum atomic E-state index is 12.9. The summed E-state index contributed by atoms with van der Waals surface area (Å²) < 4.78 is 2.01. The van der Waals surface area contributed by atoms with Crippen molar-refractivity contribution in [2.75, 3.05) is 26.2 Å². The van der Waals surface area contributed by atoms with Gasteiger partial charge in [0.05, 0.1) is 0 Å². The highest BCUT2D eigenvalue weighted by atomic mass is 16.2. The molecule has 1 aliphatic heterocycles. The van der Waals surface area contributed by atoms with Gasteiger partial charge in [-0.25, -0.2) is 0 Å². The third kappa shape index (κ3) is 3.63. The first-order valence-corrected chi connectivity index (χ1v) is 10.6. The van der Waals surface area contributed by atoms with Gasteiger partial charge in [-0.05, 0) is 54.3 Å². The molecule has 5 heteroatoms. The Morgan fingerprint density at radius 1 is 0.733 bits per heavy atom. The number of nitrogens with zero attached hydrogens (tertiary/aromatic N) is 3. The van der Waals surface area contributed by atoms with E-state index >= 15 is 0 Å². The second kappa shape index (κ2) is 7.82. The van der Waals surface area contributed by atoms with Crippen LogP contribution in [0.15, 0.2) is 79.1 Å². The molecule has 0 bridgehead atoms. The zero-order valence-corrected chi connectivity index (χ0v) is 16.9. The number of hydrogen-bond donors (Lipinski definition) is 0. The fourth-order valence-corrected chi connectivity index (χ4v) is 4.37. The molecule has 1 saturated carbocycles. The van der Waals surface area contributed by atoms with Gasteiger partial charge in [-0.3, -0.25) is 9.59 Å². The Labute approximate surface area is 176 Å². The van der Waals surface area contributed by atoms with Crippen LogP contribution >= 0.6 is 0 Å². The Morgan fingerprint density at radius 3 is 2.03 bits per heavy atom. The van der Waals surface area contributed by atoms with Gasteiger partial charge in [-0.15, -0.1) is 0 Å². The number of aromatic nitrogens is 1. The van der Waals surface area contributed by atoms with Gasteiger partial charge in [0.2, 0.25) is 5.91 Å². The number of amides is 2. The lowest BCUT2D eigenvalue weighted by molar-refractivity contribution is -0.134. The molecule has 1 aromatic heterocycles. The van der Waals surface area contributed by atoms with Crippen LogP contribution in [0, 0.1) is 5.92 Å². The summed E-state index contributed by atoms with van der Waals surface area (Å²) in [7, 11) is 0. The molecule has 30 heavy (non-hydrogen) atoms. The number of carbonyl (C=O) groups is 2. The Morgan fingerprint density at radius 2 is 1.37 bits per heavy atom. The second-order valence-electron chi connectivity index (χ2n) is 8.11. The molecule has 2 amide bonds. The number of carbonyl (C=O) groups excluding carboxylic acids is 2. The largest absolute Gasteiger partial charge is 0.339 e. The first-order chi connectivity index (χ1) is 14.7. The summed E-state index contributed by atoms with van der Waals surface area (Å²) in [5, 5.41) is 0. The van der Waals surface area contributed by atoms with Gasteiger partial charge in [0.15, 0.2) is 0 Å². The Bertz CT molecular complexity index is 1020. The van der Waals surface area contributed by atoms with E-state index in [9.17, 15) is 9.59 Å². The van der Waals surface area contributed by atoms with Gasteiger partial charge in [0.25, 0.3) is 5.91 Å². The summed E-state index contributed by atoms with van der Waals surface area (Å²) in [4.78, 5) is 29.5. The third-order valence-corrected chi connectivity index (χ3v) is 6.23. The number of rotatable bonds is 4. The molecule has 2 fully saturated rings. The van der Waals surface area contributed by atoms with E-state index in [1.165, 1.54) is 5.56 Å². The van der Waals surface area contributed by atoms with Crippen LogP contribution in [-0.2, 0) is 4.79 Å². The van der Waals surface area contributed by atoms with Crippen LogP contribution in [0.1, 0.15) is 28.3 Å². The maximum absolute atomic E-state index is 12.9. The minimum absolute atomic E-state index is 0.0368. The van der Waals surface area contributed by atoms with Gasteiger partial charge in [-0.1, -0.05) is 30.3 Å². The molecule has 3 aromatic rings. The Hall–Kier alpha value is -3.34. The molecule has 2 aromatic carbocycles. The molecular weight excluding hydrogens is 374 g/mol. The molecule has 0 N–H and O–H groups in total. The summed E-state index contributed by atoms with van der Waals surface area (Å²) in [6, 6.07) is 21.9. The predicted molar refractivity (Wildman–Crippen MR) is 116 cm³/mol. The van der Waals surface area contributed by atoms with Crippen LogP contribution in [0.3, 0.4) is 0 Å². The van der Waals surface area contributed by atoms with Crippen molar-refractivity contribution in [3.05, 3.63) is 90.3 Å². The van der Waals surface area contributed by atoms with Gasteiger partial charge in [-0.2, -0.15) is 0 Å². The smallest absolute Gasteiger partial charge is 0.253 e. The van der Waals surface area contributed by atoms with Crippen LogP contribution in [0.25, 0.3) is 5.69 Å². The SMILES string of the molecule is O=C(c1ccc(-n2cccc2)cc1)N1CCN(C(=O)[C@H]2C[C@@H]2c2ccccc2)CC1. The van der Waals surface area contributed by atoms with Crippen molar-refractivity contribution in [1.29, 1.82) is 0 Å². The standard InChI is InChI=1S/C25H25N3O2/c29-24(20-8-10-21(11-9-20)26-12-4-5-13-26)27-14-16-28(17-15-27)25(30)23-18-22(23)19-6-2-1-3-7-19/h1-13,22-23H,14-18H2/t22-,23+/m1/s1. The zero-order valence-electron chi connectivity index (χ0n) is 16.9. The van der Waals surface area contributed by atoms with Crippen molar-refractivity contribution < 1.29 is 9.59 Å². The highest BCUT2D eigenvalue weighted by Gasteiger charge is 2.46. The lowest BCUT2D eigenvalue weighted by Gasteiger charge is -2.35. The zero-order chi connectivity index (χ0) is 20.5. The molecule has 5 nitrogen and oxygen atoms in total. The molecule has 2 atom stereocenters. The summed E-state index contributed by atoms with van der Waals surface area (Å²) in [5.74, 6) is 0.745. The Kier molecular flexibility index (Phi) is 4.87. The van der Waals surface area contributed by atoms with Gasteiger partial charge in [0.1, 0.15) is 0 Å². The van der Waals surface area contributed by atoms with Gasteiger partial charge in [0, 0.05) is 55.7 Å². The van der Waals surface area contributed by atoms with Crippen LogP contribution in [0.5, 0.6) is 0 Å². The molecule has 1 saturated heterocycles. The average Bonchev–Trinajstić information content (AvgIpc) is 3.43. The molecule has 0 spiro atoms. The van der Waals surface area contributed by atoms with E-state index in [1.807, 2.05) is 81.4 Å². The maximum Gasteiger partial charge on any atom is 0.253 e. The molecule has 2 aliphatic rings. The number of piperazine rings is 1. The van der Waals surface area contributed by atoms with E-state index in [0.29, 0.717) is 37.7 Å². The van der Waals surface area contributed by atoms with E-state index < -0.39 is 0 Å². The van der Waals surface area contributed by atoms with Crippen molar-refractivity contribution in [2.24, 2.45) is 5.92 Å². The molecule has 1 aliphatic carbocycles. The highest BCUT2D eigenvalue weighted by Crippen LogP contribution is 2.48. The molecule has 152 valence electrons.